The van der Waals surface area contributed by atoms with Crippen LogP contribution in [0, 0.1) is 26.7 Å². The molecule has 1 atom stereocenters. The van der Waals surface area contributed by atoms with Crippen LogP contribution < -0.4 is 0 Å². The molecule has 1 rings (SSSR count). The van der Waals surface area contributed by atoms with E-state index >= 15 is 0 Å². The Balaban J connectivity index is 2.42. The molecule has 2 nitrogen and oxygen atoms in total. The molecule has 2 N–H and O–H groups in total. The number of allylic oxidation sites excluding steroid dienone is 5. The zero-order valence-electron chi connectivity index (χ0n) is 20.1. The van der Waals surface area contributed by atoms with Crippen LogP contribution in [0.25, 0.3) is 0 Å². The average molecular weight is 435 g/mol. The molecule has 0 fully saturated rings. The number of benzene rings is 1. The Morgan fingerprint density at radius 1 is 0.774 bits per heavy atom. The van der Waals surface area contributed by atoms with E-state index in [4.69, 9.17) is 0 Å². The third kappa shape index (κ3) is 9.28. The first-order valence-electron chi connectivity index (χ1n) is 11.4. The van der Waals surface area contributed by atoms with Crippen LogP contribution in [0.4, 0.5) is 8.78 Å². The summed E-state index contributed by atoms with van der Waals surface area (Å²) in [6.07, 6.45) is 10.7. The van der Waals surface area contributed by atoms with Gasteiger partial charge < -0.3 is 10.2 Å². The molecule has 0 aliphatic rings. The Bertz CT molecular complexity index is 786. The summed E-state index contributed by atoms with van der Waals surface area (Å²) in [5.41, 5.74) is 5.69. The van der Waals surface area contributed by atoms with Gasteiger partial charge in [0.15, 0.2) is 0 Å². The monoisotopic (exact) mass is 434 g/mol. The first kappa shape index (κ1) is 26.9. The standard InChI is InChI=1S/C27H40F2O2/c1-18(10-7-11-19(2)14-9-15-25(28)29)12-8-13-20(3)16-17-24-23(6)26(30)21(4)22(5)27(24)31/h11-12,15,20,30-31H,7-10,13-14,16-17H2,1-6H3/b18-12+,19-11+. The van der Waals surface area contributed by atoms with Crippen LogP contribution >= 0.6 is 0 Å². The lowest BCUT2D eigenvalue weighted by molar-refractivity contribution is 0.417. The van der Waals surface area contributed by atoms with Crippen molar-refractivity contribution in [3.05, 3.63) is 57.7 Å². The van der Waals surface area contributed by atoms with Crippen LogP contribution in [0.2, 0.25) is 0 Å². The maximum absolute atomic E-state index is 12.0. The predicted molar refractivity (Wildman–Crippen MR) is 127 cm³/mol. The highest BCUT2D eigenvalue weighted by Crippen LogP contribution is 2.37. The number of halogens is 2. The Labute approximate surface area is 187 Å². The zero-order valence-corrected chi connectivity index (χ0v) is 20.1. The quantitative estimate of drug-likeness (QED) is 0.255. The topological polar surface area (TPSA) is 40.5 Å². The molecule has 0 aliphatic carbocycles. The van der Waals surface area contributed by atoms with E-state index in [0.29, 0.717) is 30.3 Å². The van der Waals surface area contributed by atoms with E-state index in [0.717, 1.165) is 72.4 Å². The summed E-state index contributed by atoms with van der Waals surface area (Å²) >= 11 is 0. The molecule has 4 heteroatoms. The molecule has 0 aromatic heterocycles. The van der Waals surface area contributed by atoms with E-state index in [2.05, 4.69) is 26.0 Å². The second-order valence-corrected chi connectivity index (χ2v) is 8.94. The minimum absolute atomic E-state index is 0.298. The van der Waals surface area contributed by atoms with E-state index in [9.17, 15) is 19.0 Å². The maximum Gasteiger partial charge on any atom is 0.266 e. The smallest absolute Gasteiger partial charge is 0.266 e. The first-order chi connectivity index (χ1) is 14.5. The van der Waals surface area contributed by atoms with Gasteiger partial charge in [-0.2, -0.15) is 8.78 Å². The number of phenols is 2. The number of hydrogen-bond acceptors (Lipinski definition) is 2. The summed E-state index contributed by atoms with van der Waals surface area (Å²) in [5.74, 6) is 1.15. The summed E-state index contributed by atoms with van der Waals surface area (Å²) in [5, 5.41) is 20.8. The third-order valence-electron chi connectivity index (χ3n) is 6.27. The van der Waals surface area contributed by atoms with Crippen molar-refractivity contribution >= 4 is 0 Å². The zero-order chi connectivity index (χ0) is 23.6. The highest BCUT2D eigenvalue weighted by Gasteiger charge is 2.16. The molecule has 1 aromatic rings. The molecule has 174 valence electrons. The molecule has 0 heterocycles. The summed E-state index contributed by atoms with van der Waals surface area (Å²) in [6.45, 7) is 11.9. The fourth-order valence-corrected chi connectivity index (χ4v) is 3.80. The lowest BCUT2D eigenvalue weighted by atomic mass is 9.91. The number of rotatable bonds is 12. The Kier molecular flexibility index (Phi) is 11.6. The molecule has 31 heavy (non-hydrogen) atoms. The minimum Gasteiger partial charge on any atom is -0.507 e. The highest BCUT2D eigenvalue weighted by atomic mass is 19.3. The van der Waals surface area contributed by atoms with Gasteiger partial charge in [0.1, 0.15) is 11.5 Å². The molecule has 1 aromatic carbocycles. The van der Waals surface area contributed by atoms with Crippen molar-refractivity contribution in [3.63, 3.8) is 0 Å². The molecule has 0 saturated heterocycles. The van der Waals surface area contributed by atoms with Gasteiger partial charge >= 0.3 is 0 Å². The molecule has 0 radical (unpaired) electrons. The number of phenolic OH excluding ortho intramolecular Hbond substituents is 2. The Morgan fingerprint density at radius 2 is 1.29 bits per heavy atom. The van der Waals surface area contributed by atoms with Crippen molar-refractivity contribution in [1.82, 2.24) is 0 Å². The lowest BCUT2D eigenvalue weighted by Gasteiger charge is -2.17. The van der Waals surface area contributed by atoms with E-state index in [1.807, 2.05) is 27.7 Å². The molecule has 0 aliphatic heterocycles. The SMILES string of the molecule is C/C(=C\CC/C(C)=C/CCC(C)CCc1c(C)c(O)c(C)c(C)c1O)CCC=C(F)F. The van der Waals surface area contributed by atoms with E-state index in [1.165, 1.54) is 5.57 Å². The normalized spacial score (nSPS) is 13.4. The van der Waals surface area contributed by atoms with Gasteiger partial charge in [0.25, 0.3) is 6.08 Å². The Hall–Kier alpha value is -2.10. The molecule has 0 spiro atoms. The summed E-state index contributed by atoms with van der Waals surface area (Å²) in [4.78, 5) is 0. The molecule has 1 unspecified atom stereocenters. The molecule has 0 saturated carbocycles. The van der Waals surface area contributed by atoms with Crippen molar-refractivity contribution in [2.75, 3.05) is 0 Å². The highest BCUT2D eigenvalue weighted by molar-refractivity contribution is 5.56. The fraction of sp³-hybridized carbons (Fsp3) is 0.556. The van der Waals surface area contributed by atoms with Gasteiger partial charge in [-0.1, -0.05) is 30.2 Å². The number of aromatic hydroxyl groups is 2. The van der Waals surface area contributed by atoms with Gasteiger partial charge in [-0.15, -0.1) is 0 Å². The molecular formula is C27H40F2O2. The van der Waals surface area contributed by atoms with Crippen molar-refractivity contribution in [1.29, 1.82) is 0 Å². The predicted octanol–water partition coefficient (Wildman–Crippen LogP) is 8.61. The minimum atomic E-state index is -1.60. The van der Waals surface area contributed by atoms with Gasteiger partial charge in [0.05, 0.1) is 0 Å². The first-order valence-corrected chi connectivity index (χ1v) is 11.4. The largest absolute Gasteiger partial charge is 0.507 e. The molecule has 0 bridgehead atoms. The van der Waals surface area contributed by atoms with Gasteiger partial charge in [-0.05, 0) is 115 Å². The fourth-order valence-electron chi connectivity index (χ4n) is 3.80. The molecule has 0 amide bonds. The van der Waals surface area contributed by atoms with E-state index in [-0.39, 0.29) is 0 Å². The van der Waals surface area contributed by atoms with Crippen LogP contribution in [-0.2, 0) is 6.42 Å². The molecular weight excluding hydrogens is 394 g/mol. The summed E-state index contributed by atoms with van der Waals surface area (Å²) in [6, 6.07) is 0. The number of hydrogen-bond donors (Lipinski definition) is 2. The average Bonchev–Trinajstić information content (AvgIpc) is 2.70. The van der Waals surface area contributed by atoms with E-state index in [1.54, 1.807) is 0 Å². The summed E-state index contributed by atoms with van der Waals surface area (Å²) < 4.78 is 24.1. The third-order valence-corrected chi connectivity index (χ3v) is 6.27. The van der Waals surface area contributed by atoms with Crippen LogP contribution in [-0.4, -0.2) is 10.2 Å². The maximum atomic E-state index is 12.0. The summed E-state index contributed by atoms with van der Waals surface area (Å²) in [7, 11) is 0. The van der Waals surface area contributed by atoms with Gasteiger partial charge in [-0.25, -0.2) is 0 Å². The van der Waals surface area contributed by atoms with Crippen molar-refractivity contribution in [2.45, 2.75) is 92.9 Å². The lowest BCUT2D eigenvalue weighted by Crippen LogP contribution is -2.01. The second-order valence-electron chi connectivity index (χ2n) is 8.94. The van der Waals surface area contributed by atoms with Crippen LogP contribution in [0.1, 0.15) is 88.0 Å². The van der Waals surface area contributed by atoms with Gasteiger partial charge in [-0.3, -0.25) is 0 Å². The van der Waals surface area contributed by atoms with Crippen LogP contribution in [0.15, 0.2) is 35.5 Å². The van der Waals surface area contributed by atoms with Crippen LogP contribution in [0.5, 0.6) is 11.5 Å². The van der Waals surface area contributed by atoms with Crippen LogP contribution in [0.3, 0.4) is 0 Å². The van der Waals surface area contributed by atoms with Crippen molar-refractivity contribution in [2.24, 2.45) is 5.92 Å². The van der Waals surface area contributed by atoms with E-state index < -0.39 is 6.08 Å². The Morgan fingerprint density at radius 3 is 1.87 bits per heavy atom. The van der Waals surface area contributed by atoms with Crippen molar-refractivity contribution < 1.29 is 19.0 Å². The van der Waals surface area contributed by atoms with Gasteiger partial charge in [0, 0.05) is 5.56 Å². The second kappa shape index (κ2) is 13.3. The van der Waals surface area contributed by atoms with Crippen molar-refractivity contribution in [3.8, 4) is 11.5 Å². The van der Waals surface area contributed by atoms with Gasteiger partial charge in [0.2, 0.25) is 0 Å².